The summed E-state index contributed by atoms with van der Waals surface area (Å²) in [7, 11) is 0. The maximum absolute atomic E-state index is 13.1. The van der Waals surface area contributed by atoms with Gasteiger partial charge >= 0.3 is 0 Å². The van der Waals surface area contributed by atoms with Crippen LogP contribution in [0, 0.1) is 0 Å². The average Bonchev–Trinajstić information content (AvgIpc) is 3.12. The molecular formula is C18H24BrClN4O. The summed E-state index contributed by atoms with van der Waals surface area (Å²) in [6.45, 7) is 3.71. The number of benzene rings is 1. The van der Waals surface area contributed by atoms with Gasteiger partial charge in [0.25, 0.3) is 0 Å². The number of halogens is 2. The SMILES string of the molecule is CC(Cc1ccc(Br)cc1)NC(=O)C1(n2cccn2)CCNCC1.Cl. The lowest BCUT2D eigenvalue weighted by molar-refractivity contribution is -0.132. The molecule has 5 nitrogen and oxygen atoms in total. The number of carbonyl (C=O) groups excluding carboxylic acids is 1. The standard InChI is InChI=1S/C18H23BrN4O.ClH/c1-14(13-15-3-5-16(19)6-4-15)22-17(24)18(7-10-20-11-8-18)23-12-2-9-21-23;/h2-6,9,12,14,20H,7-8,10-11,13H2,1H3,(H,22,24);1H. The van der Waals surface area contributed by atoms with Gasteiger partial charge in [0.2, 0.25) is 5.91 Å². The van der Waals surface area contributed by atoms with Gasteiger partial charge in [-0.05, 0) is 63.0 Å². The number of rotatable bonds is 5. The fraction of sp³-hybridized carbons (Fsp3) is 0.444. The highest BCUT2D eigenvalue weighted by Gasteiger charge is 2.42. The first-order valence-corrected chi connectivity index (χ1v) is 9.16. The number of aromatic nitrogens is 2. The Morgan fingerprint density at radius 2 is 2.04 bits per heavy atom. The van der Waals surface area contributed by atoms with E-state index >= 15 is 0 Å². The fourth-order valence-corrected chi connectivity index (χ4v) is 3.57. The van der Waals surface area contributed by atoms with Gasteiger partial charge in [0.1, 0.15) is 5.54 Å². The lowest BCUT2D eigenvalue weighted by atomic mass is 9.87. The Morgan fingerprint density at radius 3 is 2.64 bits per heavy atom. The van der Waals surface area contributed by atoms with Crippen LogP contribution in [0.5, 0.6) is 0 Å². The Hall–Kier alpha value is -1.37. The summed E-state index contributed by atoms with van der Waals surface area (Å²) in [4.78, 5) is 13.1. The van der Waals surface area contributed by atoms with Crippen molar-refractivity contribution in [3.05, 3.63) is 52.8 Å². The van der Waals surface area contributed by atoms with Crippen molar-refractivity contribution in [2.45, 2.75) is 37.8 Å². The summed E-state index contributed by atoms with van der Waals surface area (Å²) in [5.74, 6) is 0.0670. The molecule has 1 amide bonds. The van der Waals surface area contributed by atoms with Gasteiger partial charge in [0.05, 0.1) is 0 Å². The van der Waals surface area contributed by atoms with Crippen molar-refractivity contribution in [3.8, 4) is 0 Å². The third-order valence-corrected chi connectivity index (χ3v) is 5.16. The van der Waals surface area contributed by atoms with Crippen molar-refractivity contribution in [1.82, 2.24) is 20.4 Å². The predicted molar refractivity (Wildman–Crippen MR) is 105 cm³/mol. The zero-order valence-electron chi connectivity index (χ0n) is 14.2. The largest absolute Gasteiger partial charge is 0.351 e. The van der Waals surface area contributed by atoms with Gasteiger partial charge in [-0.2, -0.15) is 5.10 Å². The van der Waals surface area contributed by atoms with Crippen LogP contribution < -0.4 is 10.6 Å². The Kier molecular flexibility index (Phi) is 7.04. The van der Waals surface area contributed by atoms with Crippen LogP contribution in [0.4, 0.5) is 0 Å². The molecule has 0 saturated carbocycles. The molecule has 1 aliphatic rings. The quantitative estimate of drug-likeness (QED) is 0.771. The van der Waals surface area contributed by atoms with Crippen molar-refractivity contribution in [2.24, 2.45) is 0 Å². The average molecular weight is 428 g/mol. The highest BCUT2D eigenvalue weighted by Crippen LogP contribution is 2.27. The Balaban J connectivity index is 0.00000225. The van der Waals surface area contributed by atoms with E-state index in [4.69, 9.17) is 0 Å². The van der Waals surface area contributed by atoms with Crippen LogP contribution in [0.15, 0.2) is 47.2 Å². The first-order chi connectivity index (χ1) is 11.6. The molecular weight excluding hydrogens is 404 g/mol. The van der Waals surface area contributed by atoms with E-state index in [0.29, 0.717) is 0 Å². The van der Waals surface area contributed by atoms with Gasteiger partial charge in [0.15, 0.2) is 0 Å². The summed E-state index contributed by atoms with van der Waals surface area (Å²) in [6, 6.07) is 10.2. The Morgan fingerprint density at radius 1 is 1.36 bits per heavy atom. The molecule has 3 rings (SSSR count). The smallest absolute Gasteiger partial charge is 0.248 e. The number of amides is 1. The van der Waals surface area contributed by atoms with Crippen LogP contribution in [0.25, 0.3) is 0 Å². The minimum atomic E-state index is -0.581. The third-order valence-electron chi connectivity index (χ3n) is 4.63. The molecule has 1 aliphatic heterocycles. The van der Waals surface area contributed by atoms with E-state index in [9.17, 15) is 4.79 Å². The van der Waals surface area contributed by atoms with Crippen molar-refractivity contribution in [3.63, 3.8) is 0 Å². The van der Waals surface area contributed by atoms with Crippen LogP contribution in [-0.2, 0) is 16.8 Å². The molecule has 2 heterocycles. The molecule has 0 bridgehead atoms. The zero-order chi connectivity index (χ0) is 17.0. The molecule has 1 fully saturated rings. The van der Waals surface area contributed by atoms with E-state index in [2.05, 4.69) is 50.7 Å². The molecule has 0 spiro atoms. The molecule has 0 aliphatic carbocycles. The van der Waals surface area contributed by atoms with E-state index in [0.717, 1.165) is 36.8 Å². The van der Waals surface area contributed by atoms with Crippen LogP contribution in [0.1, 0.15) is 25.3 Å². The minimum absolute atomic E-state index is 0. The van der Waals surface area contributed by atoms with Crippen molar-refractivity contribution in [1.29, 1.82) is 0 Å². The van der Waals surface area contributed by atoms with Gasteiger partial charge in [-0.25, -0.2) is 0 Å². The van der Waals surface area contributed by atoms with E-state index in [1.54, 1.807) is 6.20 Å². The molecule has 1 atom stereocenters. The highest BCUT2D eigenvalue weighted by atomic mass is 79.9. The first kappa shape index (κ1) is 19.9. The molecule has 2 aromatic rings. The van der Waals surface area contributed by atoms with E-state index in [-0.39, 0.29) is 24.4 Å². The normalized spacial score (nSPS) is 17.4. The second kappa shape index (κ2) is 8.83. The van der Waals surface area contributed by atoms with Crippen molar-refractivity contribution >= 4 is 34.2 Å². The number of nitrogens with one attached hydrogen (secondary N) is 2. The van der Waals surface area contributed by atoms with Gasteiger partial charge in [-0.1, -0.05) is 28.1 Å². The van der Waals surface area contributed by atoms with Gasteiger partial charge in [0, 0.05) is 22.9 Å². The maximum Gasteiger partial charge on any atom is 0.248 e. The zero-order valence-corrected chi connectivity index (χ0v) is 16.6. The number of hydrogen-bond donors (Lipinski definition) is 2. The Bertz CT molecular complexity index is 669. The highest BCUT2D eigenvalue weighted by molar-refractivity contribution is 9.10. The van der Waals surface area contributed by atoms with Crippen LogP contribution in [0.3, 0.4) is 0 Å². The van der Waals surface area contributed by atoms with E-state index in [1.165, 1.54) is 5.56 Å². The summed E-state index contributed by atoms with van der Waals surface area (Å²) in [5.41, 5.74) is 0.632. The van der Waals surface area contributed by atoms with E-state index in [1.807, 2.05) is 29.1 Å². The number of carbonyl (C=O) groups is 1. The van der Waals surface area contributed by atoms with E-state index < -0.39 is 5.54 Å². The molecule has 1 aromatic heterocycles. The number of hydrogen-bond acceptors (Lipinski definition) is 3. The topological polar surface area (TPSA) is 59.0 Å². The first-order valence-electron chi connectivity index (χ1n) is 8.36. The lowest BCUT2D eigenvalue weighted by Gasteiger charge is -2.37. The summed E-state index contributed by atoms with van der Waals surface area (Å²) < 4.78 is 2.89. The molecule has 7 heteroatoms. The predicted octanol–water partition coefficient (Wildman–Crippen LogP) is 2.89. The van der Waals surface area contributed by atoms with Crippen LogP contribution >= 0.6 is 28.3 Å². The van der Waals surface area contributed by atoms with Crippen molar-refractivity contribution in [2.75, 3.05) is 13.1 Å². The summed E-state index contributed by atoms with van der Waals surface area (Å²) >= 11 is 3.45. The number of piperidine rings is 1. The molecule has 0 radical (unpaired) electrons. The van der Waals surface area contributed by atoms with Crippen molar-refractivity contribution < 1.29 is 4.79 Å². The maximum atomic E-state index is 13.1. The fourth-order valence-electron chi connectivity index (χ4n) is 3.31. The Labute approximate surface area is 163 Å². The van der Waals surface area contributed by atoms with Crippen LogP contribution in [0.2, 0.25) is 0 Å². The second-order valence-corrected chi connectivity index (χ2v) is 7.35. The molecule has 2 N–H and O–H groups in total. The lowest BCUT2D eigenvalue weighted by Crippen LogP contribution is -2.56. The van der Waals surface area contributed by atoms with Gasteiger partial charge in [-0.15, -0.1) is 12.4 Å². The van der Waals surface area contributed by atoms with Gasteiger partial charge < -0.3 is 10.6 Å². The number of nitrogens with zero attached hydrogens (tertiary/aromatic N) is 2. The molecule has 1 aromatic carbocycles. The molecule has 136 valence electrons. The molecule has 25 heavy (non-hydrogen) atoms. The van der Waals surface area contributed by atoms with Crippen LogP contribution in [-0.4, -0.2) is 34.8 Å². The van der Waals surface area contributed by atoms with Gasteiger partial charge in [-0.3, -0.25) is 9.48 Å². The minimum Gasteiger partial charge on any atom is -0.351 e. The molecule has 1 saturated heterocycles. The summed E-state index contributed by atoms with van der Waals surface area (Å²) in [6.07, 6.45) is 5.95. The molecule has 1 unspecified atom stereocenters. The second-order valence-electron chi connectivity index (χ2n) is 6.44. The monoisotopic (exact) mass is 426 g/mol. The third kappa shape index (κ3) is 4.63. The summed E-state index contributed by atoms with van der Waals surface area (Å²) in [5, 5.41) is 10.9.